The number of benzene rings is 3. The molecule has 3 aromatic carbocycles. The van der Waals surface area contributed by atoms with E-state index in [1.807, 2.05) is 6.07 Å². The molecule has 6 nitrogen and oxygen atoms in total. The Labute approximate surface area is 178 Å². The van der Waals surface area contributed by atoms with Crippen molar-refractivity contribution in [3.63, 3.8) is 0 Å². The van der Waals surface area contributed by atoms with Crippen molar-refractivity contribution < 1.29 is 23.9 Å². The van der Waals surface area contributed by atoms with E-state index >= 15 is 0 Å². The van der Waals surface area contributed by atoms with E-state index in [1.165, 1.54) is 6.92 Å². The van der Waals surface area contributed by atoms with Crippen LogP contribution in [0.15, 0.2) is 72.8 Å². The van der Waals surface area contributed by atoms with Crippen molar-refractivity contribution in [3.8, 4) is 0 Å². The fourth-order valence-electron chi connectivity index (χ4n) is 3.65. The summed E-state index contributed by atoms with van der Waals surface area (Å²) >= 11 is 0. The Morgan fingerprint density at radius 2 is 1.58 bits per heavy atom. The molecule has 0 bridgehead atoms. The van der Waals surface area contributed by atoms with Crippen molar-refractivity contribution in [2.24, 2.45) is 0 Å². The number of carbonyl (C=O) groups excluding carboxylic acids is 4. The van der Waals surface area contributed by atoms with Gasteiger partial charge in [0.2, 0.25) is 0 Å². The van der Waals surface area contributed by atoms with Crippen LogP contribution in [0.25, 0.3) is 10.8 Å². The Kier molecular flexibility index (Phi) is 5.21. The molecule has 0 N–H and O–H groups in total. The van der Waals surface area contributed by atoms with Gasteiger partial charge in [0.1, 0.15) is 6.61 Å². The maximum absolute atomic E-state index is 13.0. The number of nitrogens with zero attached hydrogens (tertiary/aromatic N) is 1. The van der Waals surface area contributed by atoms with Gasteiger partial charge in [-0.15, -0.1) is 0 Å². The van der Waals surface area contributed by atoms with E-state index in [-0.39, 0.29) is 24.5 Å². The molecule has 1 aliphatic rings. The lowest BCUT2D eigenvalue weighted by Gasteiger charge is -2.27. The zero-order chi connectivity index (χ0) is 22.1. The van der Waals surface area contributed by atoms with E-state index in [1.54, 1.807) is 54.6 Å². The van der Waals surface area contributed by atoms with E-state index < -0.39 is 17.8 Å². The lowest BCUT2D eigenvalue weighted by Crippen LogP contribution is -2.42. The van der Waals surface area contributed by atoms with Crippen LogP contribution < -0.4 is 0 Å². The molecule has 1 aliphatic heterocycles. The number of ketones is 1. The quantitative estimate of drug-likeness (QED) is 0.266. The Morgan fingerprint density at radius 1 is 0.903 bits per heavy atom. The molecule has 0 fully saturated rings. The van der Waals surface area contributed by atoms with Crippen LogP contribution in [-0.2, 0) is 9.53 Å². The van der Waals surface area contributed by atoms with Crippen molar-refractivity contribution in [1.29, 1.82) is 0 Å². The predicted molar refractivity (Wildman–Crippen MR) is 115 cm³/mol. The largest absolute Gasteiger partial charge is 0.460 e. The van der Waals surface area contributed by atoms with E-state index in [9.17, 15) is 19.2 Å². The number of hydrogen-bond donors (Lipinski definition) is 0. The van der Waals surface area contributed by atoms with Gasteiger partial charge >= 0.3 is 5.97 Å². The Morgan fingerprint density at radius 3 is 2.26 bits per heavy atom. The van der Waals surface area contributed by atoms with Crippen molar-refractivity contribution in [2.45, 2.75) is 6.92 Å². The fraction of sp³-hybridized carbons (Fsp3) is 0.120. The first-order valence-corrected chi connectivity index (χ1v) is 9.74. The molecular formula is C25H19NO5. The molecule has 0 radical (unpaired) electrons. The van der Waals surface area contributed by atoms with E-state index in [4.69, 9.17) is 4.74 Å². The lowest BCUT2D eigenvalue weighted by molar-refractivity contribution is -0.139. The number of rotatable bonds is 6. The van der Waals surface area contributed by atoms with Crippen LogP contribution in [0.1, 0.15) is 43.6 Å². The molecule has 0 atom stereocenters. The highest BCUT2D eigenvalue weighted by atomic mass is 16.5. The van der Waals surface area contributed by atoms with Crippen LogP contribution in [0.4, 0.5) is 0 Å². The van der Waals surface area contributed by atoms with Gasteiger partial charge in [-0.3, -0.25) is 19.3 Å². The summed E-state index contributed by atoms with van der Waals surface area (Å²) in [6.07, 6.45) is 0. The zero-order valence-electron chi connectivity index (χ0n) is 16.9. The van der Waals surface area contributed by atoms with Crippen LogP contribution in [0.3, 0.4) is 0 Å². The Balaban J connectivity index is 1.71. The molecule has 2 amide bonds. The second-order valence-electron chi connectivity index (χ2n) is 7.26. The van der Waals surface area contributed by atoms with Gasteiger partial charge in [0.05, 0.1) is 6.54 Å². The minimum atomic E-state index is -0.580. The third kappa shape index (κ3) is 3.53. The van der Waals surface area contributed by atoms with Gasteiger partial charge in [0, 0.05) is 33.2 Å². The first-order valence-electron chi connectivity index (χ1n) is 9.74. The highest BCUT2D eigenvalue weighted by molar-refractivity contribution is 6.28. The minimum Gasteiger partial charge on any atom is -0.460 e. The fourth-order valence-corrected chi connectivity index (χ4v) is 3.65. The normalized spacial score (nSPS) is 12.7. The molecule has 6 heteroatoms. The van der Waals surface area contributed by atoms with E-state index in [2.05, 4.69) is 6.58 Å². The summed E-state index contributed by atoms with van der Waals surface area (Å²) in [5, 5.41) is 1.02. The molecule has 0 spiro atoms. The molecule has 154 valence electrons. The van der Waals surface area contributed by atoms with E-state index in [0.717, 1.165) is 4.90 Å². The second kappa shape index (κ2) is 7.99. The molecule has 4 rings (SSSR count). The second-order valence-corrected chi connectivity index (χ2v) is 7.26. The molecule has 1 heterocycles. The summed E-state index contributed by atoms with van der Waals surface area (Å²) in [5.74, 6) is -1.74. The highest BCUT2D eigenvalue weighted by Gasteiger charge is 2.33. The lowest BCUT2D eigenvalue weighted by atomic mass is 9.89. The Hall–Kier alpha value is -4.06. The number of esters is 1. The molecule has 31 heavy (non-hydrogen) atoms. The van der Waals surface area contributed by atoms with Gasteiger partial charge in [-0.05, 0) is 30.5 Å². The summed E-state index contributed by atoms with van der Waals surface area (Å²) in [4.78, 5) is 51.7. The van der Waals surface area contributed by atoms with Crippen LogP contribution in [-0.4, -0.2) is 41.6 Å². The minimum absolute atomic E-state index is 0.0722. The van der Waals surface area contributed by atoms with Crippen molar-refractivity contribution in [1.82, 2.24) is 4.90 Å². The predicted octanol–water partition coefficient (Wildman–Crippen LogP) is 3.79. The van der Waals surface area contributed by atoms with Crippen LogP contribution in [0.5, 0.6) is 0 Å². The number of ether oxygens (including phenoxy) is 1. The Bertz CT molecular complexity index is 1240. The molecule has 0 aliphatic carbocycles. The molecule has 0 saturated carbocycles. The van der Waals surface area contributed by atoms with Gasteiger partial charge in [-0.1, -0.05) is 49.0 Å². The van der Waals surface area contributed by atoms with Crippen LogP contribution in [0, 0.1) is 0 Å². The number of carbonyl (C=O) groups is 4. The van der Waals surface area contributed by atoms with Gasteiger partial charge < -0.3 is 4.74 Å². The van der Waals surface area contributed by atoms with Gasteiger partial charge in [-0.2, -0.15) is 0 Å². The van der Waals surface area contributed by atoms with Crippen molar-refractivity contribution in [3.05, 3.63) is 95.1 Å². The van der Waals surface area contributed by atoms with E-state index in [0.29, 0.717) is 33.0 Å². The first kappa shape index (κ1) is 20.2. The maximum atomic E-state index is 13.0. The zero-order valence-corrected chi connectivity index (χ0v) is 16.9. The molecule has 0 saturated heterocycles. The van der Waals surface area contributed by atoms with Crippen molar-refractivity contribution >= 4 is 34.3 Å². The standard InChI is InChI=1S/C25H19NO5/c1-15(2)25(30)31-14-13-26-23(28)19-10-6-9-17-18(11-12-20(21(17)19)24(26)29)22(27)16-7-4-3-5-8-16/h3-12H,1,13-14H2,2H3. The summed E-state index contributed by atoms with van der Waals surface area (Å²) in [6.45, 7) is 4.82. The number of hydrogen-bond acceptors (Lipinski definition) is 5. The summed E-state index contributed by atoms with van der Waals surface area (Å²) in [7, 11) is 0. The molecule has 0 aromatic heterocycles. The van der Waals surface area contributed by atoms with Gasteiger partial charge in [0.25, 0.3) is 11.8 Å². The third-order valence-electron chi connectivity index (χ3n) is 5.17. The summed E-state index contributed by atoms with van der Waals surface area (Å²) in [5.41, 5.74) is 1.86. The molecular weight excluding hydrogens is 394 g/mol. The van der Waals surface area contributed by atoms with Crippen LogP contribution >= 0.6 is 0 Å². The van der Waals surface area contributed by atoms with Gasteiger partial charge in [-0.25, -0.2) is 4.79 Å². The molecule has 0 unspecified atom stereocenters. The van der Waals surface area contributed by atoms with Crippen LogP contribution in [0.2, 0.25) is 0 Å². The summed E-state index contributed by atoms with van der Waals surface area (Å²) in [6, 6.07) is 17.1. The smallest absolute Gasteiger partial charge is 0.333 e. The topological polar surface area (TPSA) is 80.8 Å². The first-order chi connectivity index (χ1) is 14.9. The average molecular weight is 413 g/mol. The summed E-state index contributed by atoms with van der Waals surface area (Å²) < 4.78 is 5.03. The monoisotopic (exact) mass is 413 g/mol. The molecule has 3 aromatic rings. The highest BCUT2D eigenvalue weighted by Crippen LogP contribution is 2.33. The maximum Gasteiger partial charge on any atom is 0.333 e. The van der Waals surface area contributed by atoms with Crippen molar-refractivity contribution in [2.75, 3.05) is 13.2 Å². The third-order valence-corrected chi connectivity index (χ3v) is 5.17. The number of imide groups is 1. The average Bonchev–Trinajstić information content (AvgIpc) is 2.79. The number of amides is 2. The SMILES string of the molecule is C=C(C)C(=O)OCCN1C(=O)c2cccc3c(C(=O)c4ccccc4)ccc(c23)C1=O. The van der Waals surface area contributed by atoms with Gasteiger partial charge in [0.15, 0.2) is 5.78 Å².